The number of nitrogens with one attached hydrogen (secondary N) is 1. The van der Waals surface area contributed by atoms with Crippen molar-refractivity contribution >= 4 is 39.2 Å². The van der Waals surface area contributed by atoms with E-state index in [1.807, 2.05) is 0 Å². The topological polar surface area (TPSA) is 144 Å². The van der Waals surface area contributed by atoms with Gasteiger partial charge in [-0.2, -0.15) is 4.31 Å². The number of anilines is 1. The molecule has 0 saturated carbocycles. The van der Waals surface area contributed by atoms with Crippen molar-refractivity contribution in [2.75, 3.05) is 31.6 Å². The maximum Gasteiger partial charge on any atom is 0.335 e. The number of amides is 1. The number of aliphatic hydroxyl groups is 2. The van der Waals surface area contributed by atoms with Crippen molar-refractivity contribution in [2.45, 2.75) is 4.90 Å². The standard InChI is InChI=1S/C18H19ClN2O7S/c19-16-5-4-14(29(27,28)21(6-8-22)7-9-23)11-15(16)17(24)20-13-3-1-2-12(10-13)18(25)26/h1-5,10-11,22-23H,6-9H2,(H,20,24)(H,25,26). The Morgan fingerprint density at radius 1 is 1.03 bits per heavy atom. The number of nitrogens with zero attached hydrogens (tertiary/aromatic N) is 1. The first-order chi connectivity index (χ1) is 13.7. The van der Waals surface area contributed by atoms with Gasteiger partial charge in [-0.25, -0.2) is 13.2 Å². The first-order valence-corrected chi connectivity index (χ1v) is 10.2. The molecule has 0 heterocycles. The second kappa shape index (κ2) is 9.81. The first-order valence-electron chi connectivity index (χ1n) is 8.37. The van der Waals surface area contributed by atoms with Crippen LogP contribution in [0.2, 0.25) is 5.02 Å². The molecule has 9 nitrogen and oxygen atoms in total. The fraction of sp³-hybridized carbons (Fsp3) is 0.222. The van der Waals surface area contributed by atoms with Gasteiger partial charge in [0.05, 0.1) is 34.3 Å². The molecule has 0 unspecified atom stereocenters. The molecule has 4 N–H and O–H groups in total. The largest absolute Gasteiger partial charge is 0.478 e. The number of rotatable bonds is 9. The molecule has 29 heavy (non-hydrogen) atoms. The molecule has 0 saturated heterocycles. The van der Waals surface area contributed by atoms with Crippen LogP contribution in [0.4, 0.5) is 5.69 Å². The number of aromatic carboxylic acids is 1. The van der Waals surface area contributed by atoms with Gasteiger partial charge in [0.25, 0.3) is 5.91 Å². The molecule has 0 spiro atoms. The Balaban J connectivity index is 2.36. The zero-order valence-electron chi connectivity index (χ0n) is 15.1. The van der Waals surface area contributed by atoms with E-state index in [0.29, 0.717) is 0 Å². The fourth-order valence-corrected chi connectivity index (χ4v) is 4.14. The molecule has 2 rings (SSSR count). The van der Waals surface area contributed by atoms with Gasteiger partial charge >= 0.3 is 5.97 Å². The van der Waals surface area contributed by atoms with Crippen molar-refractivity contribution in [3.8, 4) is 0 Å². The minimum absolute atomic E-state index is 0.00768. The molecule has 0 aliphatic rings. The molecule has 0 aromatic heterocycles. The maximum atomic E-state index is 12.7. The second-order valence-corrected chi connectivity index (χ2v) is 8.18. The first kappa shape index (κ1) is 22.8. The quantitative estimate of drug-likeness (QED) is 0.457. The van der Waals surface area contributed by atoms with Crippen LogP contribution in [0.25, 0.3) is 0 Å². The number of halogens is 1. The summed E-state index contributed by atoms with van der Waals surface area (Å²) in [4.78, 5) is 23.4. The Bertz CT molecular complexity index is 1010. The Hall–Kier alpha value is -2.50. The van der Waals surface area contributed by atoms with E-state index in [0.717, 1.165) is 10.4 Å². The molecule has 0 fully saturated rings. The van der Waals surface area contributed by atoms with Gasteiger partial charge in [0.15, 0.2) is 0 Å². The minimum atomic E-state index is -4.09. The van der Waals surface area contributed by atoms with Crippen LogP contribution in [0.15, 0.2) is 47.4 Å². The Morgan fingerprint density at radius 2 is 1.69 bits per heavy atom. The molecule has 1 amide bonds. The van der Waals surface area contributed by atoms with Crippen LogP contribution in [0.3, 0.4) is 0 Å². The third-order valence-electron chi connectivity index (χ3n) is 3.89. The van der Waals surface area contributed by atoms with Crippen molar-refractivity contribution in [1.29, 1.82) is 0 Å². The van der Waals surface area contributed by atoms with Crippen molar-refractivity contribution in [3.63, 3.8) is 0 Å². The maximum absolute atomic E-state index is 12.7. The van der Waals surface area contributed by atoms with E-state index in [1.54, 1.807) is 0 Å². The highest BCUT2D eigenvalue weighted by Crippen LogP contribution is 2.24. The van der Waals surface area contributed by atoms with E-state index in [1.165, 1.54) is 36.4 Å². The third-order valence-corrected chi connectivity index (χ3v) is 6.11. The number of aliphatic hydroxyl groups excluding tert-OH is 2. The summed E-state index contributed by atoms with van der Waals surface area (Å²) >= 11 is 6.05. The molecular formula is C18H19ClN2O7S. The number of benzene rings is 2. The summed E-state index contributed by atoms with van der Waals surface area (Å²) in [6, 6.07) is 9.06. The molecule has 11 heteroatoms. The van der Waals surface area contributed by atoms with Crippen molar-refractivity contribution < 1.29 is 33.3 Å². The molecule has 2 aromatic carbocycles. The van der Waals surface area contributed by atoms with Gasteiger partial charge in [0, 0.05) is 18.8 Å². The van der Waals surface area contributed by atoms with Crippen molar-refractivity contribution in [2.24, 2.45) is 0 Å². The number of sulfonamides is 1. The molecular weight excluding hydrogens is 424 g/mol. The van der Waals surface area contributed by atoms with E-state index in [-0.39, 0.29) is 39.8 Å². The number of hydrogen-bond acceptors (Lipinski definition) is 6. The van der Waals surface area contributed by atoms with E-state index >= 15 is 0 Å². The summed E-state index contributed by atoms with van der Waals surface area (Å²) in [5, 5.41) is 29.6. The lowest BCUT2D eigenvalue weighted by Crippen LogP contribution is -2.36. The zero-order valence-corrected chi connectivity index (χ0v) is 16.7. The summed E-state index contributed by atoms with van der Waals surface area (Å²) in [6.45, 7) is -1.34. The molecule has 156 valence electrons. The Kier molecular flexibility index (Phi) is 7.71. The van der Waals surface area contributed by atoms with Gasteiger partial charge in [-0.15, -0.1) is 0 Å². The fourth-order valence-electron chi connectivity index (χ4n) is 2.49. The molecule has 0 radical (unpaired) electrons. The van der Waals surface area contributed by atoms with Crippen LogP contribution < -0.4 is 5.32 Å². The van der Waals surface area contributed by atoms with Gasteiger partial charge in [0.1, 0.15) is 0 Å². The van der Waals surface area contributed by atoms with Crippen molar-refractivity contribution in [1.82, 2.24) is 4.31 Å². The monoisotopic (exact) mass is 442 g/mol. The van der Waals surface area contributed by atoms with Crippen LogP contribution in [0.1, 0.15) is 20.7 Å². The SMILES string of the molecule is O=C(O)c1cccc(NC(=O)c2cc(S(=O)(=O)N(CCO)CCO)ccc2Cl)c1. The van der Waals surface area contributed by atoms with E-state index in [9.17, 15) is 18.0 Å². The van der Waals surface area contributed by atoms with E-state index in [2.05, 4.69) is 5.32 Å². The number of hydrogen-bond donors (Lipinski definition) is 4. The highest BCUT2D eigenvalue weighted by Gasteiger charge is 2.25. The number of carboxylic acids is 1. The number of carbonyl (C=O) groups is 2. The van der Waals surface area contributed by atoms with Gasteiger partial charge < -0.3 is 20.6 Å². The minimum Gasteiger partial charge on any atom is -0.478 e. The normalized spacial score (nSPS) is 11.4. The smallest absolute Gasteiger partial charge is 0.335 e. The number of carboxylic acid groups (broad SMARTS) is 1. The predicted molar refractivity (Wildman–Crippen MR) is 106 cm³/mol. The Labute approximate surface area is 172 Å². The second-order valence-electron chi connectivity index (χ2n) is 5.83. The average molecular weight is 443 g/mol. The van der Waals surface area contributed by atoms with Crippen LogP contribution in [-0.4, -0.2) is 66.2 Å². The summed E-state index contributed by atoms with van der Waals surface area (Å²) in [6.07, 6.45) is 0. The average Bonchev–Trinajstić information content (AvgIpc) is 2.68. The lowest BCUT2D eigenvalue weighted by molar-refractivity contribution is 0.0696. The molecule has 0 atom stereocenters. The number of carbonyl (C=O) groups excluding carboxylic acids is 1. The van der Waals surface area contributed by atoms with E-state index in [4.69, 9.17) is 26.9 Å². The van der Waals surface area contributed by atoms with Crippen molar-refractivity contribution in [3.05, 3.63) is 58.6 Å². The van der Waals surface area contributed by atoms with Crippen LogP contribution in [0, 0.1) is 0 Å². The predicted octanol–water partition coefficient (Wildman–Crippen LogP) is 1.27. The van der Waals surface area contributed by atoms with Gasteiger partial charge in [-0.3, -0.25) is 4.79 Å². The van der Waals surface area contributed by atoms with E-state index < -0.39 is 35.1 Å². The van der Waals surface area contributed by atoms with Crippen LogP contribution in [-0.2, 0) is 10.0 Å². The van der Waals surface area contributed by atoms with Crippen LogP contribution >= 0.6 is 11.6 Å². The third kappa shape index (κ3) is 5.52. The zero-order chi connectivity index (χ0) is 21.6. The summed E-state index contributed by atoms with van der Waals surface area (Å²) in [5.41, 5.74) is 0.0247. The van der Waals surface area contributed by atoms with Gasteiger partial charge in [0.2, 0.25) is 10.0 Å². The summed E-state index contributed by atoms with van der Waals surface area (Å²) < 4.78 is 26.4. The molecule has 0 aliphatic heterocycles. The lowest BCUT2D eigenvalue weighted by Gasteiger charge is -2.20. The molecule has 0 bridgehead atoms. The highest BCUT2D eigenvalue weighted by atomic mass is 35.5. The highest BCUT2D eigenvalue weighted by molar-refractivity contribution is 7.89. The Morgan fingerprint density at radius 3 is 2.28 bits per heavy atom. The van der Waals surface area contributed by atoms with Gasteiger partial charge in [-0.05, 0) is 36.4 Å². The van der Waals surface area contributed by atoms with Gasteiger partial charge in [-0.1, -0.05) is 17.7 Å². The summed E-state index contributed by atoms with van der Waals surface area (Å²) in [5.74, 6) is -1.90. The molecule has 2 aromatic rings. The van der Waals surface area contributed by atoms with Crippen LogP contribution in [0.5, 0.6) is 0 Å². The lowest BCUT2D eigenvalue weighted by atomic mass is 10.1. The summed E-state index contributed by atoms with van der Waals surface area (Å²) in [7, 11) is -4.09. The molecule has 0 aliphatic carbocycles.